The molecule has 7 aromatic carbocycles. The highest BCUT2D eigenvalue weighted by molar-refractivity contribution is 7.26. The first-order valence-corrected chi connectivity index (χ1v) is 16.4. The van der Waals surface area contributed by atoms with Gasteiger partial charge >= 0.3 is 0 Å². The van der Waals surface area contributed by atoms with Crippen LogP contribution in [0.1, 0.15) is 25.0 Å². The van der Waals surface area contributed by atoms with Crippen LogP contribution in [-0.2, 0) is 5.41 Å². The third kappa shape index (κ3) is 3.99. The first-order valence-electron chi connectivity index (χ1n) is 15.6. The van der Waals surface area contributed by atoms with Crippen LogP contribution < -0.4 is 4.90 Å². The number of hydrogen-bond acceptors (Lipinski definition) is 2. The smallest absolute Gasteiger partial charge is 0.0554 e. The Bertz CT molecular complexity index is 2400. The van der Waals surface area contributed by atoms with Gasteiger partial charge in [-0.1, -0.05) is 123 Å². The van der Waals surface area contributed by atoms with Crippen LogP contribution in [0, 0.1) is 0 Å². The molecule has 0 aliphatic heterocycles. The molecule has 1 aliphatic rings. The molecule has 0 saturated carbocycles. The van der Waals surface area contributed by atoms with Crippen molar-refractivity contribution in [3.05, 3.63) is 163 Å². The van der Waals surface area contributed by atoms with Crippen molar-refractivity contribution in [1.29, 1.82) is 0 Å². The molecule has 9 rings (SSSR count). The second kappa shape index (κ2) is 9.92. The summed E-state index contributed by atoms with van der Waals surface area (Å²) in [4.78, 5) is 2.42. The monoisotopic (exact) mass is 593 g/mol. The number of para-hydroxylation sites is 1. The Morgan fingerprint density at radius 2 is 1.24 bits per heavy atom. The second-order valence-electron chi connectivity index (χ2n) is 12.6. The molecule has 214 valence electrons. The lowest BCUT2D eigenvalue weighted by Gasteiger charge is -2.26. The standard InChI is InChI=1S/C43H31NS/c1-43(2)36-16-9-8-15-34(36)40-37(43)26-25-35-41-38(17-10-18-39(41)45-42(35)40)44(32-13-4-3-5-14-32)33-23-21-29(22-24-33)31-20-19-28-11-6-7-12-30(28)27-31/h3-27H,1-2H3. The van der Waals surface area contributed by atoms with E-state index in [-0.39, 0.29) is 5.41 Å². The van der Waals surface area contributed by atoms with E-state index in [0.29, 0.717) is 0 Å². The van der Waals surface area contributed by atoms with Gasteiger partial charge in [0.2, 0.25) is 0 Å². The molecule has 1 nitrogen and oxygen atoms in total. The normalized spacial score (nSPS) is 13.3. The zero-order chi connectivity index (χ0) is 30.1. The van der Waals surface area contributed by atoms with Crippen molar-refractivity contribution in [2.45, 2.75) is 19.3 Å². The molecular weight excluding hydrogens is 563 g/mol. The van der Waals surface area contributed by atoms with Crippen molar-refractivity contribution >= 4 is 59.3 Å². The fraction of sp³-hybridized carbons (Fsp3) is 0.0698. The van der Waals surface area contributed by atoms with Gasteiger partial charge in [0.15, 0.2) is 0 Å². The van der Waals surface area contributed by atoms with Gasteiger partial charge in [0, 0.05) is 42.5 Å². The Balaban J connectivity index is 1.23. The number of rotatable bonds is 4. The van der Waals surface area contributed by atoms with Crippen molar-refractivity contribution in [2.75, 3.05) is 4.90 Å². The first-order chi connectivity index (χ1) is 22.1. The second-order valence-corrected chi connectivity index (χ2v) is 13.6. The molecule has 1 aromatic heterocycles. The summed E-state index contributed by atoms with van der Waals surface area (Å²) >= 11 is 1.93. The molecule has 0 atom stereocenters. The van der Waals surface area contributed by atoms with Gasteiger partial charge < -0.3 is 4.90 Å². The molecule has 45 heavy (non-hydrogen) atoms. The Labute approximate surface area is 267 Å². The van der Waals surface area contributed by atoms with Gasteiger partial charge in [0.25, 0.3) is 0 Å². The van der Waals surface area contributed by atoms with Crippen LogP contribution in [0.3, 0.4) is 0 Å². The number of thiophene rings is 1. The molecule has 8 aromatic rings. The van der Waals surface area contributed by atoms with Gasteiger partial charge in [-0.05, 0) is 81.1 Å². The van der Waals surface area contributed by atoms with Crippen molar-refractivity contribution < 1.29 is 0 Å². The van der Waals surface area contributed by atoms with Crippen LogP contribution in [0.2, 0.25) is 0 Å². The number of nitrogens with zero attached hydrogens (tertiary/aromatic N) is 1. The zero-order valence-corrected chi connectivity index (χ0v) is 26.1. The molecular formula is C43H31NS. The highest BCUT2D eigenvalue weighted by Gasteiger charge is 2.37. The Hall–Kier alpha value is -5.18. The van der Waals surface area contributed by atoms with Crippen molar-refractivity contribution in [3.63, 3.8) is 0 Å². The van der Waals surface area contributed by atoms with Crippen LogP contribution in [0.4, 0.5) is 17.1 Å². The molecule has 0 radical (unpaired) electrons. The lowest BCUT2D eigenvalue weighted by molar-refractivity contribution is 0.661. The lowest BCUT2D eigenvalue weighted by Crippen LogP contribution is -2.14. The maximum Gasteiger partial charge on any atom is 0.0554 e. The van der Waals surface area contributed by atoms with E-state index in [2.05, 4.69) is 170 Å². The van der Waals surface area contributed by atoms with Crippen LogP contribution in [0.5, 0.6) is 0 Å². The minimum atomic E-state index is -0.0119. The van der Waals surface area contributed by atoms with Gasteiger partial charge in [0.1, 0.15) is 0 Å². The SMILES string of the molecule is CC1(C)c2ccccc2-c2c1ccc1c2sc2cccc(N(c3ccccc3)c3ccc(-c4ccc5ccccc5c4)cc3)c21. The van der Waals surface area contributed by atoms with Crippen molar-refractivity contribution in [3.8, 4) is 22.3 Å². The summed E-state index contributed by atoms with van der Waals surface area (Å²) < 4.78 is 2.69. The summed E-state index contributed by atoms with van der Waals surface area (Å²) in [6.07, 6.45) is 0. The average molecular weight is 594 g/mol. The van der Waals surface area contributed by atoms with E-state index in [1.54, 1.807) is 0 Å². The number of fused-ring (bicyclic) bond motifs is 8. The molecule has 0 N–H and O–H groups in total. The summed E-state index contributed by atoms with van der Waals surface area (Å²) in [7, 11) is 0. The number of benzene rings is 7. The van der Waals surface area contributed by atoms with Gasteiger partial charge in [-0.15, -0.1) is 11.3 Å². The Kier molecular flexibility index (Phi) is 5.78. The van der Waals surface area contributed by atoms with Gasteiger partial charge in [-0.3, -0.25) is 0 Å². The van der Waals surface area contributed by atoms with E-state index in [4.69, 9.17) is 0 Å². The Morgan fingerprint density at radius 1 is 0.533 bits per heavy atom. The minimum Gasteiger partial charge on any atom is -0.310 e. The van der Waals surface area contributed by atoms with Crippen molar-refractivity contribution in [1.82, 2.24) is 0 Å². The molecule has 0 amide bonds. The number of hydrogen-bond donors (Lipinski definition) is 0. The summed E-state index contributed by atoms with van der Waals surface area (Å²) in [5.74, 6) is 0. The van der Waals surface area contributed by atoms with E-state index >= 15 is 0 Å². The maximum absolute atomic E-state index is 2.42. The number of anilines is 3. The molecule has 1 aliphatic carbocycles. The summed E-state index contributed by atoms with van der Waals surface area (Å²) in [6.45, 7) is 4.72. The van der Waals surface area contributed by atoms with Crippen LogP contribution in [-0.4, -0.2) is 0 Å². The largest absolute Gasteiger partial charge is 0.310 e. The third-order valence-electron chi connectivity index (χ3n) is 9.65. The van der Waals surface area contributed by atoms with Gasteiger partial charge in [0.05, 0.1) is 5.69 Å². The highest BCUT2D eigenvalue weighted by atomic mass is 32.1. The fourth-order valence-electron chi connectivity index (χ4n) is 7.41. The average Bonchev–Trinajstić information content (AvgIpc) is 3.58. The summed E-state index contributed by atoms with van der Waals surface area (Å²) in [6, 6.07) is 55.6. The van der Waals surface area contributed by atoms with Gasteiger partial charge in [-0.25, -0.2) is 0 Å². The van der Waals surface area contributed by atoms with E-state index < -0.39 is 0 Å². The quantitative estimate of drug-likeness (QED) is 0.196. The van der Waals surface area contributed by atoms with Crippen LogP contribution in [0.15, 0.2) is 152 Å². The zero-order valence-electron chi connectivity index (χ0n) is 25.3. The molecule has 0 fully saturated rings. The topological polar surface area (TPSA) is 3.24 Å². The molecule has 1 heterocycles. The molecule has 0 unspecified atom stereocenters. The van der Waals surface area contributed by atoms with Crippen LogP contribution >= 0.6 is 11.3 Å². The molecule has 0 bridgehead atoms. The molecule has 2 heteroatoms. The minimum absolute atomic E-state index is 0.0119. The lowest BCUT2D eigenvalue weighted by atomic mass is 9.82. The van der Waals surface area contributed by atoms with Gasteiger partial charge in [-0.2, -0.15) is 0 Å². The molecule has 0 spiro atoms. The van der Waals surface area contributed by atoms with E-state index in [0.717, 1.165) is 11.4 Å². The van der Waals surface area contributed by atoms with E-state index in [1.165, 1.54) is 70.0 Å². The highest BCUT2D eigenvalue weighted by Crippen LogP contribution is 2.55. The van der Waals surface area contributed by atoms with E-state index in [1.807, 2.05) is 11.3 Å². The molecule has 0 saturated heterocycles. The maximum atomic E-state index is 2.42. The first kappa shape index (κ1) is 26.2. The summed E-state index contributed by atoms with van der Waals surface area (Å²) in [5, 5.41) is 5.16. The predicted octanol–water partition coefficient (Wildman–Crippen LogP) is 12.7. The Morgan fingerprint density at radius 3 is 2.09 bits per heavy atom. The predicted molar refractivity (Wildman–Crippen MR) is 195 cm³/mol. The summed E-state index contributed by atoms with van der Waals surface area (Å²) in [5.41, 5.74) is 11.6. The fourth-order valence-corrected chi connectivity index (χ4v) is 8.70. The van der Waals surface area contributed by atoms with E-state index in [9.17, 15) is 0 Å². The third-order valence-corrected chi connectivity index (χ3v) is 10.8. The van der Waals surface area contributed by atoms with Crippen LogP contribution in [0.25, 0.3) is 53.2 Å². The van der Waals surface area contributed by atoms with Crippen molar-refractivity contribution in [2.24, 2.45) is 0 Å².